The zero-order valence-corrected chi connectivity index (χ0v) is 16.3. The lowest BCUT2D eigenvalue weighted by Gasteiger charge is -2.09. The Hall–Kier alpha value is -2.49. The average molecular weight is 420 g/mol. The molecule has 144 valence electrons. The molecular weight excluding hydrogens is 405 g/mol. The van der Waals surface area contributed by atoms with E-state index in [1.165, 1.54) is 30.1 Å². The molecule has 0 bridgehead atoms. The number of imidazole rings is 1. The van der Waals surface area contributed by atoms with E-state index in [-0.39, 0.29) is 16.5 Å². The summed E-state index contributed by atoms with van der Waals surface area (Å²) in [4.78, 5) is 6.26. The van der Waals surface area contributed by atoms with Gasteiger partial charge in [-0.1, -0.05) is 16.8 Å². The summed E-state index contributed by atoms with van der Waals surface area (Å²) in [6.45, 7) is 0. The Morgan fingerprint density at radius 3 is 2.96 bits per heavy atom. The van der Waals surface area contributed by atoms with Gasteiger partial charge in [0.15, 0.2) is 5.82 Å². The molecule has 4 aromatic rings. The number of hydrogen-bond acceptors (Lipinski definition) is 6. The maximum absolute atomic E-state index is 14.4. The molecule has 1 N–H and O–H groups in total. The van der Waals surface area contributed by atoms with Gasteiger partial charge in [-0.25, -0.2) is 14.1 Å². The van der Waals surface area contributed by atoms with Gasteiger partial charge in [-0.05, 0) is 24.8 Å². The fourth-order valence-electron chi connectivity index (χ4n) is 3.24. The summed E-state index contributed by atoms with van der Waals surface area (Å²) in [5.74, 6) is 0.138. The first-order chi connectivity index (χ1) is 13.6. The predicted octanol–water partition coefficient (Wildman–Crippen LogP) is 3.74. The largest absolute Gasteiger partial charge is 0.495 e. The number of aliphatic hydroxyl groups excluding tert-OH is 1. The first-order valence-electron chi connectivity index (χ1n) is 8.65. The van der Waals surface area contributed by atoms with Gasteiger partial charge in [-0.3, -0.25) is 4.40 Å². The second kappa shape index (κ2) is 6.54. The first-order valence-corrected chi connectivity index (χ1v) is 9.84. The van der Waals surface area contributed by atoms with E-state index in [4.69, 9.17) is 16.3 Å². The van der Waals surface area contributed by atoms with Crippen LogP contribution in [0.1, 0.15) is 41.1 Å². The number of benzene rings is 1. The van der Waals surface area contributed by atoms with Gasteiger partial charge < -0.3 is 9.84 Å². The van der Waals surface area contributed by atoms with Crippen molar-refractivity contribution in [2.45, 2.75) is 24.9 Å². The Morgan fingerprint density at radius 1 is 1.39 bits per heavy atom. The number of ether oxygens (including phenoxy) is 1. The second-order valence-corrected chi connectivity index (χ2v) is 8.13. The highest BCUT2D eigenvalue weighted by molar-refractivity contribution is 7.17. The SMILES string of the molecule is COc1cc(F)c(-n2cc(C(O)c3c(C4CC4)sc4cncn34)nn2)cc1Cl. The van der Waals surface area contributed by atoms with Crippen molar-refractivity contribution in [2.75, 3.05) is 7.11 Å². The number of halogens is 2. The van der Waals surface area contributed by atoms with Crippen molar-refractivity contribution in [3.8, 4) is 11.4 Å². The Morgan fingerprint density at radius 2 is 2.21 bits per heavy atom. The fraction of sp³-hybridized carbons (Fsp3) is 0.278. The zero-order chi connectivity index (χ0) is 19.4. The molecule has 0 spiro atoms. The van der Waals surface area contributed by atoms with Crippen LogP contribution in [-0.4, -0.2) is 36.6 Å². The van der Waals surface area contributed by atoms with Gasteiger partial charge in [0, 0.05) is 10.9 Å². The molecule has 1 aliphatic carbocycles. The Bertz CT molecular complexity index is 1180. The van der Waals surface area contributed by atoms with Crippen LogP contribution in [0.2, 0.25) is 5.02 Å². The Balaban J connectivity index is 1.54. The maximum atomic E-state index is 14.4. The lowest BCUT2D eigenvalue weighted by Crippen LogP contribution is -2.06. The summed E-state index contributed by atoms with van der Waals surface area (Å²) in [6, 6.07) is 2.60. The average Bonchev–Trinajstić information content (AvgIpc) is 3.09. The van der Waals surface area contributed by atoms with Crippen molar-refractivity contribution in [3.63, 3.8) is 0 Å². The van der Waals surface area contributed by atoms with Crippen molar-refractivity contribution in [1.82, 2.24) is 24.4 Å². The summed E-state index contributed by atoms with van der Waals surface area (Å²) in [6.07, 6.45) is 6.19. The van der Waals surface area contributed by atoms with E-state index >= 15 is 0 Å². The molecule has 1 aromatic carbocycles. The molecule has 5 rings (SSSR count). The fourth-order valence-corrected chi connectivity index (χ4v) is 4.77. The van der Waals surface area contributed by atoms with E-state index in [2.05, 4.69) is 15.3 Å². The summed E-state index contributed by atoms with van der Waals surface area (Å²) >= 11 is 7.74. The van der Waals surface area contributed by atoms with Gasteiger partial charge in [-0.15, -0.1) is 16.4 Å². The van der Waals surface area contributed by atoms with E-state index in [1.807, 2.05) is 4.40 Å². The van der Waals surface area contributed by atoms with Crippen LogP contribution in [0.5, 0.6) is 5.75 Å². The maximum Gasteiger partial charge on any atom is 0.152 e. The van der Waals surface area contributed by atoms with E-state index in [0.717, 1.165) is 28.2 Å². The minimum Gasteiger partial charge on any atom is -0.495 e. The molecule has 1 fully saturated rings. The zero-order valence-electron chi connectivity index (χ0n) is 14.7. The number of methoxy groups -OCH3 is 1. The Labute approximate surface area is 168 Å². The highest BCUT2D eigenvalue weighted by Crippen LogP contribution is 2.47. The Kier molecular flexibility index (Phi) is 4.11. The van der Waals surface area contributed by atoms with Gasteiger partial charge in [-0.2, -0.15) is 0 Å². The number of nitrogens with zero attached hydrogens (tertiary/aromatic N) is 5. The molecule has 3 aromatic heterocycles. The normalized spacial score (nSPS) is 15.3. The molecule has 1 saturated carbocycles. The molecule has 28 heavy (non-hydrogen) atoms. The summed E-state index contributed by atoms with van der Waals surface area (Å²) in [5.41, 5.74) is 1.19. The minimum absolute atomic E-state index is 0.122. The lowest BCUT2D eigenvalue weighted by atomic mass is 10.1. The molecule has 0 aliphatic heterocycles. The summed E-state index contributed by atoms with van der Waals surface area (Å²) in [7, 11) is 1.42. The van der Waals surface area contributed by atoms with Crippen molar-refractivity contribution >= 4 is 27.8 Å². The second-order valence-electron chi connectivity index (χ2n) is 6.66. The monoisotopic (exact) mass is 419 g/mol. The lowest BCUT2D eigenvalue weighted by molar-refractivity contribution is 0.208. The van der Waals surface area contributed by atoms with Crippen LogP contribution in [0.25, 0.3) is 10.5 Å². The standard InChI is InChI=1S/C18H15ClFN5O2S/c1-27-14-5-11(20)13(4-10(14)19)25-7-12(22-23-25)17(26)16-18(9-2-3-9)28-15-6-21-8-24(15)16/h4-9,17,26H,2-3H2,1H3. The number of aliphatic hydroxyl groups is 1. The third-order valence-corrected chi connectivity index (χ3v) is 6.37. The van der Waals surface area contributed by atoms with Gasteiger partial charge >= 0.3 is 0 Å². The van der Waals surface area contributed by atoms with Crippen LogP contribution < -0.4 is 4.74 Å². The third kappa shape index (κ3) is 2.78. The number of aromatic nitrogens is 5. The number of thiazole rings is 1. The molecule has 1 unspecified atom stereocenters. The molecular formula is C18H15ClFN5O2S. The van der Waals surface area contributed by atoms with Gasteiger partial charge in [0.25, 0.3) is 0 Å². The van der Waals surface area contributed by atoms with Gasteiger partial charge in [0.2, 0.25) is 0 Å². The van der Waals surface area contributed by atoms with Crippen LogP contribution in [-0.2, 0) is 0 Å². The van der Waals surface area contributed by atoms with E-state index in [1.54, 1.807) is 23.9 Å². The summed E-state index contributed by atoms with van der Waals surface area (Å²) in [5, 5.41) is 19.3. The first kappa shape index (κ1) is 17.6. The van der Waals surface area contributed by atoms with Gasteiger partial charge in [0.05, 0.1) is 30.2 Å². The predicted molar refractivity (Wildman–Crippen MR) is 102 cm³/mol. The van der Waals surface area contributed by atoms with Crippen molar-refractivity contribution in [3.05, 3.63) is 58.0 Å². The molecule has 0 amide bonds. The molecule has 0 radical (unpaired) electrons. The number of fused-ring (bicyclic) bond motifs is 1. The summed E-state index contributed by atoms with van der Waals surface area (Å²) < 4.78 is 22.6. The van der Waals surface area contributed by atoms with Crippen molar-refractivity contribution in [2.24, 2.45) is 0 Å². The van der Waals surface area contributed by atoms with Crippen LogP contribution in [0, 0.1) is 5.82 Å². The van der Waals surface area contributed by atoms with Crippen LogP contribution >= 0.6 is 22.9 Å². The van der Waals surface area contributed by atoms with E-state index < -0.39 is 11.9 Å². The van der Waals surface area contributed by atoms with Crippen molar-refractivity contribution in [1.29, 1.82) is 0 Å². The molecule has 0 saturated heterocycles. The minimum atomic E-state index is -0.996. The van der Waals surface area contributed by atoms with Gasteiger partial charge in [0.1, 0.15) is 34.4 Å². The highest BCUT2D eigenvalue weighted by atomic mass is 35.5. The topological polar surface area (TPSA) is 77.5 Å². The smallest absolute Gasteiger partial charge is 0.152 e. The van der Waals surface area contributed by atoms with Crippen LogP contribution in [0.15, 0.2) is 30.9 Å². The van der Waals surface area contributed by atoms with Crippen LogP contribution in [0.4, 0.5) is 4.39 Å². The quantitative estimate of drug-likeness (QED) is 0.533. The van der Waals surface area contributed by atoms with Crippen LogP contribution in [0.3, 0.4) is 0 Å². The van der Waals surface area contributed by atoms with E-state index in [0.29, 0.717) is 11.6 Å². The molecule has 1 aliphatic rings. The number of rotatable bonds is 5. The molecule has 7 nitrogen and oxygen atoms in total. The third-order valence-electron chi connectivity index (χ3n) is 4.80. The van der Waals surface area contributed by atoms with E-state index in [9.17, 15) is 9.50 Å². The highest BCUT2D eigenvalue weighted by Gasteiger charge is 2.33. The van der Waals surface area contributed by atoms with Crippen molar-refractivity contribution < 1.29 is 14.2 Å². The molecule has 1 atom stereocenters. The molecule has 10 heteroatoms. The molecule has 3 heterocycles. The number of hydrogen-bond donors (Lipinski definition) is 1.